The predicted molar refractivity (Wildman–Crippen MR) is 85.2 cm³/mol. The molecule has 1 aliphatic rings. The number of benzene rings is 1. The molecule has 2 heterocycles. The molecule has 0 bridgehead atoms. The first-order valence-corrected chi connectivity index (χ1v) is 7.24. The number of rotatable bonds is 2. The molecule has 5 heteroatoms. The molecule has 2 aromatic rings. The Hall–Kier alpha value is -2.82. The second kappa shape index (κ2) is 5.12. The van der Waals surface area contributed by atoms with Gasteiger partial charge in [0.2, 0.25) is 5.78 Å². The molecule has 0 saturated carbocycles. The van der Waals surface area contributed by atoms with Crippen molar-refractivity contribution in [3.05, 3.63) is 59.5 Å². The zero-order valence-electron chi connectivity index (χ0n) is 13.2. The molecule has 1 aromatic carbocycles. The first kappa shape index (κ1) is 15.1. The van der Waals surface area contributed by atoms with Crippen LogP contribution < -0.4 is 0 Å². The summed E-state index contributed by atoms with van der Waals surface area (Å²) in [5.41, 5.74) is 0.833. The van der Waals surface area contributed by atoms with Crippen LogP contribution in [0.5, 0.6) is 0 Å². The highest BCUT2D eigenvalue weighted by Crippen LogP contribution is 2.39. The van der Waals surface area contributed by atoms with E-state index in [0.29, 0.717) is 5.69 Å². The zero-order valence-corrected chi connectivity index (χ0v) is 13.2. The molecule has 1 N–H and O–H groups in total. The first-order valence-electron chi connectivity index (χ1n) is 7.24. The Kier molecular flexibility index (Phi) is 3.36. The molecule has 0 spiro atoms. The van der Waals surface area contributed by atoms with Crippen molar-refractivity contribution in [2.75, 3.05) is 7.11 Å². The summed E-state index contributed by atoms with van der Waals surface area (Å²) >= 11 is 0. The third-order valence-electron chi connectivity index (χ3n) is 4.17. The molecular formula is C18H17NO4. The number of methoxy groups -OCH3 is 1. The Labute approximate surface area is 133 Å². The van der Waals surface area contributed by atoms with Crippen LogP contribution in [0.4, 0.5) is 0 Å². The SMILES string of the molecule is COC(=O)C1=C(O)C(C)(C)n2c(ccc2-c2ccccc2)C1=O. The zero-order chi connectivity index (χ0) is 16.8. The van der Waals surface area contributed by atoms with Gasteiger partial charge in [0.05, 0.1) is 18.3 Å². The fraction of sp³-hybridized carbons (Fsp3) is 0.222. The Morgan fingerprint density at radius 2 is 1.70 bits per heavy atom. The fourth-order valence-electron chi connectivity index (χ4n) is 2.99. The van der Waals surface area contributed by atoms with Crippen molar-refractivity contribution in [3.63, 3.8) is 0 Å². The van der Waals surface area contributed by atoms with Crippen LogP contribution >= 0.6 is 0 Å². The number of Topliss-reactive ketones (excluding diaryl/α,β-unsaturated/α-hetero) is 1. The largest absolute Gasteiger partial charge is 0.509 e. The standard InChI is InChI=1S/C18H17NO4/c1-18(2)16(21)14(17(22)23-3)15(20)13-10-9-12(19(13)18)11-7-5-4-6-8-11/h4-10,21H,1-3H3. The summed E-state index contributed by atoms with van der Waals surface area (Å²) in [6.45, 7) is 3.52. The van der Waals surface area contributed by atoms with Gasteiger partial charge in [-0.1, -0.05) is 30.3 Å². The number of ether oxygens (including phenoxy) is 1. The molecule has 0 saturated heterocycles. The van der Waals surface area contributed by atoms with E-state index in [0.717, 1.165) is 11.3 Å². The summed E-state index contributed by atoms with van der Waals surface area (Å²) in [5, 5.41) is 10.5. The Morgan fingerprint density at radius 3 is 2.30 bits per heavy atom. The summed E-state index contributed by atoms with van der Waals surface area (Å²) in [6, 6.07) is 13.1. The van der Waals surface area contributed by atoms with Crippen molar-refractivity contribution < 1.29 is 19.4 Å². The van der Waals surface area contributed by atoms with Crippen LogP contribution in [0.2, 0.25) is 0 Å². The van der Waals surface area contributed by atoms with E-state index < -0.39 is 17.3 Å². The molecule has 0 amide bonds. The number of aliphatic hydroxyl groups is 1. The van der Waals surface area contributed by atoms with Crippen molar-refractivity contribution >= 4 is 11.8 Å². The molecule has 23 heavy (non-hydrogen) atoms. The number of fused-ring (bicyclic) bond motifs is 1. The maximum Gasteiger partial charge on any atom is 0.345 e. The normalized spacial score (nSPS) is 16.2. The van der Waals surface area contributed by atoms with Crippen LogP contribution in [0.25, 0.3) is 11.3 Å². The lowest BCUT2D eigenvalue weighted by Gasteiger charge is -2.35. The van der Waals surface area contributed by atoms with E-state index in [4.69, 9.17) is 0 Å². The summed E-state index contributed by atoms with van der Waals surface area (Å²) in [4.78, 5) is 24.5. The number of hydrogen-bond acceptors (Lipinski definition) is 4. The second-order valence-electron chi connectivity index (χ2n) is 5.91. The quantitative estimate of drug-likeness (QED) is 0.683. The topological polar surface area (TPSA) is 68.5 Å². The molecule has 0 fully saturated rings. The van der Waals surface area contributed by atoms with E-state index in [1.807, 2.05) is 36.4 Å². The lowest BCUT2D eigenvalue weighted by molar-refractivity contribution is -0.136. The lowest BCUT2D eigenvalue weighted by atomic mass is 9.89. The van der Waals surface area contributed by atoms with Crippen LogP contribution in [0.3, 0.4) is 0 Å². The van der Waals surface area contributed by atoms with Crippen molar-refractivity contribution in [2.45, 2.75) is 19.4 Å². The molecule has 118 valence electrons. The van der Waals surface area contributed by atoms with Gasteiger partial charge in [0, 0.05) is 5.69 Å². The molecule has 1 aliphatic heterocycles. The van der Waals surface area contributed by atoms with Crippen LogP contribution in [0, 0.1) is 0 Å². The van der Waals surface area contributed by atoms with Crippen LogP contribution in [-0.2, 0) is 15.1 Å². The highest BCUT2D eigenvalue weighted by molar-refractivity contribution is 6.25. The van der Waals surface area contributed by atoms with Gasteiger partial charge in [-0.25, -0.2) is 4.79 Å². The number of hydrogen-bond donors (Lipinski definition) is 1. The predicted octanol–water partition coefficient (Wildman–Crippen LogP) is 3.07. The molecule has 1 aromatic heterocycles. The molecule has 0 unspecified atom stereocenters. The van der Waals surface area contributed by atoms with Crippen molar-refractivity contribution in [1.29, 1.82) is 0 Å². The maximum atomic E-state index is 12.6. The number of allylic oxidation sites excluding steroid dienone is 1. The molecule has 0 radical (unpaired) electrons. The Bertz CT molecular complexity index is 828. The Balaban J connectivity index is 2.26. The molecular weight excluding hydrogens is 294 g/mol. The van der Waals surface area contributed by atoms with Crippen LogP contribution in [-0.4, -0.2) is 28.5 Å². The number of esters is 1. The van der Waals surface area contributed by atoms with E-state index >= 15 is 0 Å². The van der Waals surface area contributed by atoms with Gasteiger partial charge in [-0.15, -0.1) is 0 Å². The van der Waals surface area contributed by atoms with Gasteiger partial charge in [-0.3, -0.25) is 4.79 Å². The van der Waals surface area contributed by atoms with E-state index in [-0.39, 0.29) is 11.3 Å². The lowest BCUT2D eigenvalue weighted by Crippen LogP contribution is -2.40. The average molecular weight is 311 g/mol. The molecule has 0 aliphatic carbocycles. The van der Waals surface area contributed by atoms with E-state index in [1.54, 1.807) is 24.5 Å². The summed E-state index contributed by atoms with van der Waals surface area (Å²) in [5.74, 6) is -1.64. The highest BCUT2D eigenvalue weighted by atomic mass is 16.5. The number of aliphatic hydroxyl groups excluding tert-OH is 1. The van der Waals surface area contributed by atoms with Gasteiger partial charge in [-0.05, 0) is 31.5 Å². The molecule has 0 atom stereocenters. The van der Waals surface area contributed by atoms with E-state index in [2.05, 4.69) is 4.74 Å². The van der Waals surface area contributed by atoms with Gasteiger partial charge < -0.3 is 14.4 Å². The third kappa shape index (κ3) is 2.08. The van der Waals surface area contributed by atoms with Gasteiger partial charge in [0.25, 0.3) is 0 Å². The summed E-state index contributed by atoms with van der Waals surface area (Å²) in [7, 11) is 1.19. The number of carbonyl (C=O) groups excluding carboxylic acids is 2. The maximum absolute atomic E-state index is 12.6. The fourth-order valence-corrected chi connectivity index (χ4v) is 2.99. The monoisotopic (exact) mass is 311 g/mol. The van der Waals surface area contributed by atoms with Gasteiger partial charge in [0.1, 0.15) is 11.3 Å². The molecule has 5 nitrogen and oxygen atoms in total. The number of nitrogens with zero attached hydrogens (tertiary/aromatic N) is 1. The van der Waals surface area contributed by atoms with Crippen molar-refractivity contribution in [2.24, 2.45) is 0 Å². The van der Waals surface area contributed by atoms with Gasteiger partial charge in [0.15, 0.2) is 0 Å². The number of ketones is 1. The van der Waals surface area contributed by atoms with Crippen LogP contribution in [0.1, 0.15) is 24.3 Å². The van der Waals surface area contributed by atoms with E-state index in [1.165, 1.54) is 7.11 Å². The van der Waals surface area contributed by atoms with Crippen molar-refractivity contribution in [1.82, 2.24) is 4.57 Å². The average Bonchev–Trinajstić information content (AvgIpc) is 3.00. The highest BCUT2D eigenvalue weighted by Gasteiger charge is 2.43. The minimum absolute atomic E-state index is 0.282. The minimum Gasteiger partial charge on any atom is -0.509 e. The third-order valence-corrected chi connectivity index (χ3v) is 4.17. The summed E-state index contributed by atoms with van der Waals surface area (Å²) < 4.78 is 6.40. The summed E-state index contributed by atoms with van der Waals surface area (Å²) in [6.07, 6.45) is 0. The smallest absolute Gasteiger partial charge is 0.345 e. The first-order chi connectivity index (χ1) is 10.9. The van der Waals surface area contributed by atoms with Gasteiger partial charge in [-0.2, -0.15) is 0 Å². The second-order valence-corrected chi connectivity index (χ2v) is 5.91. The number of aromatic nitrogens is 1. The van der Waals surface area contributed by atoms with Crippen LogP contribution in [0.15, 0.2) is 53.8 Å². The Morgan fingerprint density at radius 1 is 1.09 bits per heavy atom. The van der Waals surface area contributed by atoms with E-state index in [9.17, 15) is 14.7 Å². The number of carbonyl (C=O) groups is 2. The van der Waals surface area contributed by atoms with Gasteiger partial charge >= 0.3 is 5.97 Å². The minimum atomic E-state index is -0.943. The molecule has 3 rings (SSSR count). The van der Waals surface area contributed by atoms with Crippen molar-refractivity contribution in [3.8, 4) is 11.3 Å².